The van der Waals surface area contributed by atoms with Crippen LogP contribution in [0.2, 0.25) is 0 Å². The van der Waals surface area contributed by atoms with Gasteiger partial charge in [0.2, 0.25) is 11.8 Å². The molecule has 24 heavy (non-hydrogen) atoms. The summed E-state index contributed by atoms with van der Waals surface area (Å²) in [7, 11) is 0. The van der Waals surface area contributed by atoms with E-state index >= 15 is 0 Å². The molecule has 0 aromatic heterocycles. The summed E-state index contributed by atoms with van der Waals surface area (Å²) >= 11 is 0. The SMILES string of the molecule is CCCC(=O)N1CCCC1C(=O)N1CCC(C(=O)O)(C(F)(F)F)C1. The van der Waals surface area contributed by atoms with E-state index in [0.29, 0.717) is 25.8 Å². The number of amides is 2. The van der Waals surface area contributed by atoms with Crippen LogP contribution in [0.25, 0.3) is 0 Å². The maximum atomic E-state index is 13.2. The summed E-state index contributed by atoms with van der Waals surface area (Å²) < 4.78 is 39.6. The van der Waals surface area contributed by atoms with Gasteiger partial charge in [-0.25, -0.2) is 0 Å². The standard InChI is InChI=1S/C15H21F3N2O4/c1-2-4-11(21)20-7-3-5-10(20)12(22)19-8-6-14(9-19,13(23)24)15(16,17)18/h10H,2-9H2,1H3,(H,23,24). The van der Waals surface area contributed by atoms with Gasteiger partial charge in [0, 0.05) is 26.1 Å². The number of nitrogens with zero attached hydrogens (tertiary/aromatic N) is 2. The Morgan fingerprint density at radius 2 is 1.92 bits per heavy atom. The van der Waals surface area contributed by atoms with Gasteiger partial charge in [-0.2, -0.15) is 13.2 Å². The molecule has 6 nitrogen and oxygen atoms in total. The minimum atomic E-state index is -4.93. The van der Waals surface area contributed by atoms with Gasteiger partial charge in [-0.15, -0.1) is 0 Å². The third-order valence-electron chi connectivity index (χ3n) is 4.86. The number of hydrogen-bond acceptors (Lipinski definition) is 3. The van der Waals surface area contributed by atoms with Gasteiger partial charge in [-0.05, 0) is 25.7 Å². The Balaban J connectivity index is 2.14. The molecule has 2 aliphatic rings. The zero-order chi connectivity index (χ0) is 18.1. The largest absolute Gasteiger partial charge is 0.481 e. The molecule has 0 spiro atoms. The van der Waals surface area contributed by atoms with Crippen LogP contribution in [0, 0.1) is 5.41 Å². The lowest BCUT2D eigenvalue weighted by Crippen LogP contribution is -2.51. The van der Waals surface area contributed by atoms with Gasteiger partial charge in [0.25, 0.3) is 0 Å². The van der Waals surface area contributed by atoms with Gasteiger partial charge in [0.1, 0.15) is 6.04 Å². The molecule has 0 aromatic carbocycles. The van der Waals surface area contributed by atoms with Gasteiger partial charge in [-0.1, -0.05) is 6.92 Å². The minimum absolute atomic E-state index is 0.187. The average Bonchev–Trinajstić information content (AvgIpc) is 3.14. The molecule has 9 heteroatoms. The van der Waals surface area contributed by atoms with Crippen molar-refractivity contribution < 1.29 is 32.7 Å². The Kier molecular flexibility index (Phi) is 5.10. The Morgan fingerprint density at radius 1 is 1.25 bits per heavy atom. The summed E-state index contributed by atoms with van der Waals surface area (Å²) in [5.74, 6) is -2.73. The van der Waals surface area contributed by atoms with Crippen LogP contribution in [0.3, 0.4) is 0 Å². The number of carboxylic acids is 1. The van der Waals surface area contributed by atoms with Crippen LogP contribution in [0.4, 0.5) is 13.2 Å². The lowest BCUT2D eigenvalue weighted by atomic mass is 9.86. The Labute approximate surface area is 137 Å². The van der Waals surface area contributed by atoms with Crippen LogP contribution in [0.5, 0.6) is 0 Å². The Hall–Kier alpha value is -1.80. The van der Waals surface area contributed by atoms with Crippen LogP contribution >= 0.6 is 0 Å². The first-order valence-corrected chi connectivity index (χ1v) is 8.02. The first-order valence-electron chi connectivity index (χ1n) is 8.02. The van der Waals surface area contributed by atoms with Crippen molar-refractivity contribution in [3.8, 4) is 0 Å². The van der Waals surface area contributed by atoms with Crippen molar-refractivity contribution in [2.75, 3.05) is 19.6 Å². The molecule has 0 aliphatic carbocycles. The smallest absolute Gasteiger partial charge is 0.406 e. The third kappa shape index (κ3) is 3.08. The molecular formula is C15H21F3N2O4. The van der Waals surface area contributed by atoms with E-state index in [9.17, 15) is 27.6 Å². The fourth-order valence-electron chi connectivity index (χ4n) is 3.42. The van der Waals surface area contributed by atoms with Gasteiger partial charge in [-0.3, -0.25) is 14.4 Å². The number of halogens is 3. The summed E-state index contributed by atoms with van der Waals surface area (Å²) in [5, 5.41) is 9.05. The second kappa shape index (κ2) is 6.60. The maximum absolute atomic E-state index is 13.2. The van der Waals surface area contributed by atoms with Crippen LogP contribution in [-0.2, 0) is 14.4 Å². The van der Waals surface area contributed by atoms with E-state index in [1.165, 1.54) is 4.90 Å². The number of aliphatic carboxylic acids is 1. The van der Waals surface area contributed by atoms with E-state index in [1.807, 2.05) is 6.92 Å². The highest BCUT2D eigenvalue weighted by Gasteiger charge is 2.64. The second-order valence-corrected chi connectivity index (χ2v) is 6.39. The number of hydrogen-bond donors (Lipinski definition) is 1. The molecule has 2 unspecified atom stereocenters. The number of likely N-dealkylation sites (tertiary alicyclic amines) is 2. The van der Waals surface area contributed by atoms with Gasteiger partial charge in [0.05, 0.1) is 0 Å². The molecule has 2 aliphatic heterocycles. The van der Waals surface area contributed by atoms with Gasteiger partial charge >= 0.3 is 12.1 Å². The summed E-state index contributed by atoms with van der Waals surface area (Å²) in [6.45, 7) is 1.08. The summed E-state index contributed by atoms with van der Waals surface area (Å²) in [6.07, 6.45) is -3.67. The predicted molar refractivity (Wildman–Crippen MR) is 77.0 cm³/mol. The second-order valence-electron chi connectivity index (χ2n) is 6.39. The molecule has 2 heterocycles. The number of carbonyl (C=O) groups is 3. The van der Waals surface area contributed by atoms with Crippen molar-refractivity contribution in [1.82, 2.24) is 9.80 Å². The van der Waals surface area contributed by atoms with Crippen LogP contribution in [0.1, 0.15) is 39.0 Å². The van der Waals surface area contributed by atoms with Crippen molar-refractivity contribution in [2.24, 2.45) is 5.41 Å². The van der Waals surface area contributed by atoms with Crippen LogP contribution in [-0.4, -0.2) is 64.5 Å². The predicted octanol–water partition coefficient (Wildman–Crippen LogP) is 1.64. The molecule has 0 bridgehead atoms. The summed E-state index contributed by atoms with van der Waals surface area (Å²) in [4.78, 5) is 38.2. The molecule has 1 N–H and O–H groups in total. The lowest BCUT2D eigenvalue weighted by molar-refractivity contribution is -0.227. The first-order chi connectivity index (χ1) is 11.1. The fraction of sp³-hybridized carbons (Fsp3) is 0.800. The van der Waals surface area contributed by atoms with Crippen LogP contribution in [0.15, 0.2) is 0 Å². The molecule has 2 atom stereocenters. The Morgan fingerprint density at radius 3 is 2.42 bits per heavy atom. The fourth-order valence-corrected chi connectivity index (χ4v) is 3.42. The highest BCUT2D eigenvalue weighted by molar-refractivity contribution is 5.89. The molecule has 2 saturated heterocycles. The molecule has 0 aromatic rings. The Bertz CT molecular complexity index is 537. The molecule has 0 radical (unpaired) electrons. The maximum Gasteiger partial charge on any atom is 0.406 e. The molecular weight excluding hydrogens is 329 g/mol. The average molecular weight is 350 g/mol. The topological polar surface area (TPSA) is 77.9 Å². The quantitative estimate of drug-likeness (QED) is 0.836. The number of alkyl halides is 3. The molecule has 2 fully saturated rings. The first kappa shape index (κ1) is 18.5. The third-order valence-corrected chi connectivity index (χ3v) is 4.86. The van der Waals surface area contributed by atoms with Crippen LogP contribution < -0.4 is 0 Å². The highest BCUT2D eigenvalue weighted by Crippen LogP contribution is 2.46. The van der Waals surface area contributed by atoms with Crippen molar-refractivity contribution in [1.29, 1.82) is 0 Å². The summed E-state index contributed by atoms with van der Waals surface area (Å²) in [5.41, 5.74) is -2.92. The van der Waals surface area contributed by atoms with Crippen molar-refractivity contribution in [3.05, 3.63) is 0 Å². The zero-order valence-corrected chi connectivity index (χ0v) is 13.4. The lowest BCUT2D eigenvalue weighted by Gasteiger charge is -2.30. The highest BCUT2D eigenvalue weighted by atomic mass is 19.4. The molecule has 2 rings (SSSR count). The number of carbonyl (C=O) groups excluding carboxylic acids is 2. The van der Waals surface area contributed by atoms with Crippen molar-refractivity contribution in [2.45, 2.75) is 51.2 Å². The van der Waals surface area contributed by atoms with E-state index in [-0.39, 0.29) is 18.9 Å². The van der Waals surface area contributed by atoms with E-state index in [4.69, 9.17) is 5.11 Å². The van der Waals surface area contributed by atoms with E-state index in [2.05, 4.69) is 0 Å². The van der Waals surface area contributed by atoms with E-state index < -0.39 is 42.5 Å². The zero-order valence-electron chi connectivity index (χ0n) is 13.4. The normalized spacial score (nSPS) is 27.6. The van der Waals surface area contributed by atoms with Crippen molar-refractivity contribution in [3.63, 3.8) is 0 Å². The number of rotatable bonds is 4. The van der Waals surface area contributed by atoms with E-state index in [0.717, 1.165) is 4.90 Å². The monoisotopic (exact) mass is 350 g/mol. The summed E-state index contributed by atoms with van der Waals surface area (Å²) in [6, 6.07) is -0.776. The van der Waals surface area contributed by atoms with E-state index in [1.54, 1.807) is 0 Å². The molecule has 136 valence electrons. The minimum Gasteiger partial charge on any atom is -0.481 e. The van der Waals surface area contributed by atoms with Gasteiger partial charge in [0.15, 0.2) is 5.41 Å². The van der Waals surface area contributed by atoms with Gasteiger partial charge < -0.3 is 14.9 Å². The van der Waals surface area contributed by atoms with Crippen molar-refractivity contribution >= 4 is 17.8 Å². The molecule has 0 saturated carbocycles. The number of carboxylic acid groups (broad SMARTS) is 1. The molecule has 2 amide bonds.